The summed E-state index contributed by atoms with van der Waals surface area (Å²) in [6.07, 6.45) is 30.5. The average molecular weight is 495 g/mol. The minimum atomic E-state index is -0.700. The number of allylic oxidation sites excluding steroid dienone is 2. The molecule has 0 aromatic heterocycles. The first-order valence-electron chi connectivity index (χ1n) is 15.1. The summed E-state index contributed by atoms with van der Waals surface area (Å²) >= 11 is 0. The molecule has 0 aliphatic heterocycles. The van der Waals surface area contributed by atoms with E-state index in [1.165, 1.54) is 70.6 Å². The third-order valence-corrected chi connectivity index (χ3v) is 6.83. The van der Waals surface area contributed by atoms with Crippen LogP contribution >= 0.6 is 0 Å². The topological polar surface area (TPSA) is 63.6 Å². The number of carboxylic acids is 1. The van der Waals surface area contributed by atoms with Gasteiger partial charge in [0.2, 0.25) is 0 Å². The van der Waals surface area contributed by atoms with E-state index in [1.807, 2.05) is 0 Å². The third kappa shape index (κ3) is 25.6. The zero-order valence-corrected chi connectivity index (χ0v) is 23.4. The molecule has 0 aliphatic carbocycles. The van der Waals surface area contributed by atoms with Crippen molar-refractivity contribution in [1.82, 2.24) is 0 Å². The van der Waals surface area contributed by atoms with E-state index in [-0.39, 0.29) is 18.3 Å². The van der Waals surface area contributed by atoms with Crippen LogP contribution in [0.15, 0.2) is 12.2 Å². The van der Waals surface area contributed by atoms with Crippen LogP contribution < -0.4 is 0 Å². The Kier molecular flexibility index (Phi) is 26.2. The molecule has 0 spiro atoms. The molecule has 4 nitrogen and oxygen atoms in total. The van der Waals surface area contributed by atoms with Crippen LogP contribution in [0.2, 0.25) is 0 Å². The van der Waals surface area contributed by atoms with Crippen LogP contribution in [-0.4, -0.2) is 23.7 Å². The quantitative estimate of drug-likeness (QED) is 0.0701. The van der Waals surface area contributed by atoms with Crippen LogP contribution in [0.3, 0.4) is 0 Å². The highest BCUT2D eigenvalue weighted by Gasteiger charge is 2.19. The summed E-state index contributed by atoms with van der Waals surface area (Å²) in [4.78, 5) is 23.1. The second-order valence-corrected chi connectivity index (χ2v) is 10.3. The first-order valence-corrected chi connectivity index (χ1v) is 15.1. The molecule has 0 radical (unpaired) electrons. The van der Waals surface area contributed by atoms with Gasteiger partial charge in [-0.2, -0.15) is 0 Å². The minimum absolute atomic E-state index is 0.0116. The number of esters is 1. The van der Waals surface area contributed by atoms with Gasteiger partial charge in [0, 0.05) is 6.42 Å². The number of hydrogen-bond donors (Lipinski definition) is 1. The molecule has 0 saturated carbocycles. The molecular weight excluding hydrogens is 436 g/mol. The van der Waals surface area contributed by atoms with E-state index < -0.39 is 5.97 Å². The second-order valence-electron chi connectivity index (χ2n) is 10.3. The summed E-state index contributed by atoms with van der Waals surface area (Å²) in [6, 6.07) is 0. The van der Waals surface area contributed by atoms with Crippen LogP contribution in [0.5, 0.6) is 0 Å². The molecule has 0 aromatic carbocycles. The number of carboxylic acid groups (broad SMARTS) is 1. The van der Waals surface area contributed by atoms with Crippen LogP contribution in [0.1, 0.15) is 162 Å². The van der Waals surface area contributed by atoms with Crippen molar-refractivity contribution in [3.8, 4) is 0 Å². The van der Waals surface area contributed by atoms with Crippen LogP contribution in [0, 0.1) is 5.92 Å². The molecule has 1 unspecified atom stereocenters. The van der Waals surface area contributed by atoms with Gasteiger partial charge in [0.05, 0.1) is 12.5 Å². The van der Waals surface area contributed by atoms with Gasteiger partial charge in [-0.1, -0.05) is 116 Å². The summed E-state index contributed by atoms with van der Waals surface area (Å²) in [6.45, 7) is 4.94. The molecule has 0 amide bonds. The van der Waals surface area contributed by atoms with Crippen molar-refractivity contribution in [3.63, 3.8) is 0 Å². The molecular formula is C31H58O4. The molecule has 4 heteroatoms. The van der Waals surface area contributed by atoms with E-state index >= 15 is 0 Å². The smallest absolute Gasteiger partial charge is 0.308 e. The number of carbonyl (C=O) groups excluding carboxylic acids is 1. The lowest BCUT2D eigenvalue weighted by molar-refractivity contribution is -0.149. The Morgan fingerprint density at radius 1 is 0.629 bits per heavy atom. The second kappa shape index (κ2) is 27.3. The van der Waals surface area contributed by atoms with E-state index in [9.17, 15) is 9.59 Å². The SMILES string of the molecule is CCCCCCCCC=CCCCCCCC(CCCCCCCCC(=O)O)C(=O)OCCCC. The Morgan fingerprint density at radius 3 is 1.60 bits per heavy atom. The maximum atomic E-state index is 12.6. The Morgan fingerprint density at radius 2 is 1.09 bits per heavy atom. The third-order valence-electron chi connectivity index (χ3n) is 6.83. The van der Waals surface area contributed by atoms with Gasteiger partial charge >= 0.3 is 11.9 Å². The summed E-state index contributed by atoms with van der Waals surface area (Å²) < 4.78 is 5.54. The molecule has 0 rings (SSSR count). The zero-order valence-electron chi connectivity index (χ0n) is 23.4. The van der Waals surface area contributed by atoms with Gasteiger partial charge in [0.15, 0.2) is 0 Å². The zero-order chi connectivity index (χ0) is 25.8. The van der Waals surface area contributed by atoms with Gasteiger partial charge in [-0.05, 0) is 51.4 Å². The molecule has 0 saturated heterocycles. The Balaban J connectivity index is 3.90. The fourth-order valence-electron chi connectivity index (χ4n) is 4.47. The normalized spacial score (nSPS) is 12.3. The standard InChI is InChI=1S/C31H58O4/c1-3-5-7-8-9-10-11-12-13-14-15-16-19-22-25-29(31(34)35-28-6-4-2)26-23-20-17-18-21-24-27-30(32)33/h12-13,29H,3-11,14-28H2,1-2H3,(H,32,33). The summed E-state index contributed by atoms with van der Waals surface area (Å²) in [5, 5.41) is 8.70. The first kappa shape index (κ1) is 33.7. The number of carbonyl (C=O) groups is 2. The van der Waals surface area contributed by atoms with Gasteiger partial charge in [-0.25, -0.2) is 0 Å². The number of unbranched alkanes of at least 4 members (excludes halogenated alkanes) is 16. The lowest BCUT2D eigenvalue weighted by atomic mass is 9.94. The van der Waals surface area contributed by atoms with Gasteiger partial charge < -0.3 is 9.84 Å². The molecule has 1 atom stereocenters. The minimum Gasteiger partial charge on any atom is -0.481 e. The van der Waals surface area contributed by atoms with Crippen LogP contribution in [0.4, 0.5) is 0 Å². The fraction of sp³-hybridized carbons (Fsp3) is 0.871. The van der Waals surface area contributed by atoms with Gasteiger partial charge in [0.1, 0.15) is 0 Å². The van der Waals surface area contributed by atoms with Crippen molar-refractivity contribution in [2.75, 3.05) is 6.61 Å². The van der Waals surface area contributed by atoms with Crippen LogP contribution in [0.25, 0.3) is 0 Å². The summed E-state index contributed by atoms with van der Waals surface area (Å²) in [5.41, 5.74) is 0. The van der Waals surface area contributed by atoms with Crippen molar-refractivity contribution in [2.45, 2.75) is 162 Å². The largest absolute Gasteiger partial charge is 0.481 e. The fourth-order valence-corrected chi connectivity index (χ4v) is 4.47. The van der Waals surface area contributed by atoms with E-state index in [0.29, 0.717) is 6.61 Å². The number of hydrogen-bond acceptors (Lipinski definition) is 3. The number of rotatable bonds is 27. The molecule has 0 bridgehead atoms. The van der Waals surface area contributed by atoms with Crippen molar-refractivity contribution in [2.24, 2.45) is 5.92 Å². The Labute approximate surface area is 217 Å². The first-order chi connectivity index (χ1) is 17.1. The Hall–Kier alpha value is -1.32. The highest BCUT2D eigenvalue weighted by molar-refractivity contribution is 5.72. The van der Waals surface area contributed by atoms with E-state index in [2.05, 4.69) is 26.0 Å². The van der Waals surface area contributed by atoms with Gasteiger partial charge in [-0.15, -0.1) is 0 Å². The van der Waals surface area contributed by atoms with Crippen molar-refractivity contribution in [1.29, 1.82) is 0 Å². The maximum Gasteiger partial charge on any atom is 0.308 e. The summed E-state index contributed by atoms with van der Waals surface area (Å²) in [5.74, 6) is -0.636. The molecule has 35 heavy (non-hydrogen) atoms. The van der Waals surface area contributed by atoms with E-state index in [4.69, 9.17) is 9.84 Å². The van der Waals surface area contributed by atoms with E-state index in [0.717, 1.165) is 70.6 Å². The lowest BCUT2D eigenvalue weighted by Crippen LogP contribution is -2.18. The number of aliphatic carboxylic acids is 1. The molecule has 0 fully saturated rings. The van der Waals surface area contributed by atoms with Crippen molar-refractivity contribution in [3.05, 3.63) is 12.2 Å². The summed E-state index contributed by atoms with van der Waals surface area (Å²) in [7, 11) is 0. The maximum absolute atomic E-state index is 12.6. The molecule has 0 aromatic rings. The lowest BCUT2D eigenvalue weighted by Gasteiger charge is -2.16. The number of ether oxygens (including phenoxy) is 1. The molecule has 1 N–H and O–H groups in total. The van der Waals surface area contributed by atoms with E-state index in [1.54, 1.807) is 0 Å². The molecule has 206 valence electrons. The van der Waals surface area contributed by atoms with Crippen molar-refractivity contribution >= 4 is 11.9 Å². The highest BCUT2D eigenvalue weighted by atomic mass is 16.5. The highest BCUT2D eigenvalue weighted by Crippen LogP contribution is 2.21. The van der Waals surface area contributed by atoms with Crippen LogP contribution in [-0.2, 0) is 14.3 Å². The monoisotopic (exact) mass is 494 g/mol. The molecule has 0 heterocycles. The average Bonchev–Trinajstić information content (AvgIpc) is 2.84. The van der Waals surface area contributed by atoms with Gasteiger partial charge in [0.25, 0.3) is 0 Å². The Bertz CT molecular complexity index is 500. The predicted octanol–water partition coefficient (Wildman–Crippen LogP) is 9.80. The molecule has 0 aliphatic rings. The van der Waals surface area contributed by atoms with Crippen molar-refractivity contribution < 1.29 is 19.4 Å². The predicted molar refractivity (Wildman–Crippen MR) is 149 cm³/mol. The van der Waals surface area contributed by atoms with Gasteiger partial charge in [-0.3, -0.25) is 9.59 Å².